The minimum atomic E-state index is -1.25. The molecule has 0 aliphatic carbocycles. The van der Waals surface area contributed by atoms with E-state index in [2.05, 4.69) is 5.32 Å². The highest BCUT2D eigenvalue weighted by Gasteiger charge is 2.08. The van der Waals surface area contributed by atoms with Crippen molar-refractivity contribution in [1.29, 1.82) is 0 Å². The van der Waals surface area contributed by atoms with E-state index >= 15 is 0 Å². The van der Waals surface area contributed by atoms with Gasteiger partial charge in [0.2, 0.25) is 5.91 Å². The molecule has 0 fully saturated rings. The Morgan fingerprint density at radius 3 is 2.38 bits per heavy atom. The second-order valence-electron chi connectivity index (χ2n) is 5.58. The number of carboxylic acids is 1. The highest BCUT2D eigenvalue weighted by atomic mass is 32.2. The Kier molecular flexibility index (Phi) is 7.82. The fourth-order valence-electron chi connectivity index (χ4n) is 2.17. The molecule has 0 heterocycles. The van der Waals surface area contributed by atoms with Crippen molar-refractivity contribution < 1.29 is 23.6 Å². The van der Waals surface area contributed by atoms with Gasteiger partial charge in [-0.1, -0.05) is 30.3 Å². The Bertz CT molecular complexity index is 746. The number of rotatable bonds is 10. The van der Waals surface area contributed by atoms with Crippen LogP contribution < -0.4 is 10.1 Å². The Morgan fingerprint density at radius 1 is 1.04 bits per heavy atom. The van der Waals surface area contributed by atoms with Gasteiger partial charge in [0, 0.05) is 23.1 Å². The third-order valence-electron chi connectivity index (χ3n) is 3.51. The Morgan fingerprint density at radius 2 is 1.73 bits per heavy atom. The van der Waals surface area contributed by atoms with Crippen molar-refractivity contribution in [2.45, 2.75) is 13.0 Å². The van der Waals surface area contributed by atoms with Crippen LogP contribution in [0.1, 0.15) is 22.3 Å². The zero-order valence-electron chi connectivity index (χ0n) is 14.2. The summed E-state index contributed by atoms with van der Waals surface area (Å²) in [6, 6.07) is 15.6. The van der Waals surface area contributed by atoms with Gasteiger partial charge in [0.15, 0.2) is 0 Å². The van der Waals surface area contributed by atoms with Gasteiger partial charge in [-0.05, 0) is 36.2 Å². The summed E-state index contributed by atoms with van der Waals surface area (Å²) < 4.78 is 17.4. The molecule has 2 rings (SSSR count). The van der Waals surface area contributed by atoms with Crippen molar-refractivity contribution in [3.05, 3.63) is 65.7 Å². The number of hydrogen-bond acceptors (Lipinski definition) is 4. The van der Waals surface area contributed by atoms with Gasteiger partial charge in [-0.15, -0.1) is 0 Å². The largest absolute Gasteiger partial charge is 0.494 e. The molecule has 2 aromatic carbocycles. The van der Waals surface area contributed by atoms with Crippen LogP contribution in [-0.4, -0.2) is 39.3 Å². The number of nitrogens with one attached hydrogen (secondary N) is 1. The number of benzene rings is 2. The first-order chi connectivity index (χ1) is 12.5. The van der Waals surface area contributed by atoms with E-state index in [1.54, 1.807) is 12.1 Å². The third kappa shape index (κ3) is 7.06. The van der Waals surface area contributed by atoms with E-state index in [1.165, 1.54) is 12.1 Å². The van der Waals surface area contributed by atoms with Gasteiger partial charge in [-0.3, -0.25) is 9.00 Å². The molecule has 2 aromatic rings. The average molecular weight is 375 g/mol. The van der Waals surface area contributed by atoms with Crippen LogP contribution in [0.5, 0.6) is 5.75 Å². The van der Waals surface area contributed by atoms with Crippen LogP contribution in [0.25, 0.3) is 0 Å². The lowest BCUT2D eigenvalue weighted by Gasteiger charge is -2.07. The summed E-state index contributed by atoms with van der Waals surface area (Å²) in [5.41, 5.74) is 1.19. The topological polar surface area (TPSA) is 92.7 Å². The molecule has 6 nitrogen and oxygen atoms in total. The maximum absolute atomic E-state index is 11.9. The lowest BCUT2D eigenvalue weighted by atomic mass is 10.2. The molecule has 26 heavy (non-hydrogen) atoms. The van der Waals surface area contributed by atoms with E-state index in [0.29, 0.717) is 31.1 Å². The maximum Gasteiger partial charge on any atom is 0.335 e. The second-order valence-corrected chi connectivity index (χ2v) is 7.16. The summed E-state index contributed by atoms with van der Waals surface area (Å²) in [7, 11) is -1.25. The first kappa shape index (κ1) is 19.7. The maximum atomic E-state index is 11.9. The molecule has 0 radical (unpaired) electrons. The summed E-state index contributed by atoms with van der Waals surface area (Å²) in [6.45, 7) is 0.774. The first-order valence-electron chi connectivity index (χ1n) is 8.16. The van der Waals surface area contributed by atoms with Crippen LogP contribution >= 0.6 is 0 Å². The molecule has 0 saturated carbocycles. The summed E-state index contributed by atoms with van der Waals surface area (Å²) in [4.78, 5) is 22.5. The molecule has 1 amide bonds. The summed E-state index contributed by atoms with van der Waals surface area (Å²) >= 11 is 0. The molecule has 1 atom stereocenters. The van der Waals surface area contributed by atoms with E-state index in [0.717, 1.165) is 5.56 Å². The number of aromatic carboxylic acids is 1. The highest BCUT2D eigenvalue weighted by Crippen LogP contribution is 2.12. The van der Waals surface area contributed by atoms with Crippen molar-refractivity contribution in [3.8, 4) is 5.75 Å². The van der Waals surface area contributed by atoms with Crippen LogP contribution in [0.15, 0.2) is 54.6 Å². The summed E-state index contributed by atoms with van der Waals surface area (Å²) in [5, 5.41) is 11.6. The molecule has 138 valence electrons. The minimum Gasteiger partial charge on any atom is -0.494 e. The molecular weight excluding hydrogens is 354 g/mol. The standard InChI is InChI=1S/C19H21NO5S/c21-18(20-13-15-5-2-1-3-6-15)14-26(24)12-4-11-25-17-9-7-16(8-10-17)19(22)23/h1-3,5-10H,4,11-14H2,(H,20,21)(H,22,23). The number of ether oxygens (including phenoxy) is 1. The zero-order valence-corrected chi connectivity index (χ0v) is 15.0. The van der Waals surface area contributed by atoms with Gasteiger partial charge in [-0.25, -0.2) is 4.79 Å². The van der Waals surface area contributed by atoms with Gasteiger partial charge >= 0.3 is 5.97 Å². The van der Waals surface area contributed by atoms with E-state index in [4.69, 9.17) is 9.84 Å². The minimum absolute atomic E-state index is 0.0276. The normalized spacial score (nSPS) is 11.5. The van der Waals surface area contributed by atoms with Gasteiger partial charge in [0.05, 0.1) is 12.2 Å². The smallest absolute Gasteiger partial charge is 0.335 e. The molecule has 0 bridgehead atoms. The average Bonchev–Trinajstić information content (AvgIpc) is 2.65. The predicted molar refractivity (Wildman–Crippen MR) is 99.7 cm³/mol. The summed E-state index contributed by atoms with van der Waals surface area (Å²) in [5.74, 6) is -0.331. The molecular formula is C19H21NO5S. The highest BCUT2D eigenvalue weighted by molar-refractivity contribution is 7.85. The number of carbonyl (C=O) groups excluding carboxylic acids is 1. The third-order valence-corrected chi connectivity index (χ3v) is 4.84. The van der Waals surface area contributed by atoms with Crippen molar-refractivity contribution >= 4 is 22.7 Å². The quantitative estimate of drug-likeness (QED) is 0.621. The molecule has 0 saturated heterocycles. The van der Waals surface area contributed by atoms with E-state index in [1.807, 2.05) is 30.3 Å². The van der Waals surface area contributed by atoms with Crippen LogP contribution in [0.4, 0.5) is 0 Å². The number of carboxylic acid groups (broad SMARTS) is 1. The molecule has 2 N–H and O–H groups in total. The molecule has 0 aliphatic rings. The predicted octanol–water partition coefficient (Wildman–Crippen LogP) is 2.22. The monoisotopic (exact) mass is 375 g/mol. The Hall–Kier alpha value is -2.67. The van der Waals surface area contributed by atoms with E-state index in [-0.39, 0.29) is 17.2 Å². The zero-order chi connectivity index (χ0) is 18.8. The SMILES string of the molecule is O=C(CS(=O)CCCOc1ccc(C(=O)O)cc1)NCc1ccccc1. The first-order valence-corrected chi connectivity index (χ1v) is 9.65. The van der Waals surface area contributed by atoms with Crippen molar-refractivity contribution in [2.75, 3.05) is 18.1 Å². The van der Waals surface area contributed by atoms with Gasteiger partial charge in [0.25, 0.3) is 0 Å². The van der Waals surface area contributed by atoms with E-state index < -0.39 is 16.8 Å². The van der Waals surface area contributed by atoms with Gasteiger partial charge < -0.3 is 15.2 Å². The van der Waals surface area contributed by atoms with Crippen molar-refractivity contribution in [2.24, 2.45) is 0 Å². The van der Waals surface area contributed by atoms with Gasteiger partial charge in [-0.2, -0.15) is 0 Å². The molecule has 0 aromatic heterocycles. The molecule has 0 spiro atoms. The van der Waals surface area contributed by atoms with Crippen LogP contribution in [0.2, 0.25) is 0 Å². The lowest BCUT2D eigenvalue weighted by Crippen LogP contribution is -2.28. The van der Waals surface area contributed by atoms with E-state index in [9.17, 15) is 13.8 Å². The summed E-state index contributed by atoms with van der Waals surface area (Å²) in [6.07, 6.45) is 0.541. The van der Waals surface area contributed by atoms with Crippen LogP contribution in [-0.2, 0) is 22.1 Å². The van der Waals surface area contributed by atoms with Crippen LogP contribution in [0, 0.1) is 0 Å². The fourth-order valence-corrected chi connectivity index (χ4v) is 3.15. The van der Waals surface area contributed by atoms with Crippen molar-refractivity contribution in [1.82, 2.24) is 5.32 Å². The number of amides is 1. The number of hydrogen-bond donors (Lipinski definition) is 2. The molecule has 1 unspecified atom stereocenters. The second kappa shape index (κ2) is 10.4. The van der Waals surface area contributed by atoms with Crippen molar-refractivity contribution in [3.63, 3.8) is 0 Å². The Labute approximate surface area is 154 Å². The molecule has 7 heteroatoms. The Balaban J connectivity index is 1.61. The number of carbonyl (C=O) groups is 2. The lowest BCUT2D eigenvalue weighted by molar-refractivity contribution is -0.118. The van der Waals surface area contributed by atoms with Gasteiger partial charge in [0.1, 0.15) is 11.5 Å². The molecule has 0 aliphatic heterocycles. The van der Waals surface area contributed by atoms with Crippen LogP contribution in [0.3, 0.4) is 0 Å². The fraction of sp³-hybridized carbons (Fsp3) is 0.263.